The molecule has 72 valence electrons. The Morgan fingerprint density at radius 3 is 2.92 bits per heavy atom. The van der Waals surface area contributed by atoms with Crippen molar-refractivity contribution in [3.63, 3.8) is 0 Å². The predicted molar refractivity (Wildman–Crippen MR) is 54.6 cm³/mol. The van der Waals surface area contributed by atoms with E-state index in [4.69, 9.17) is 4.42 Å². The van der Waals surface area contributed by atoms with Gasteiger partial charge in [-0.05, 0) is 25.1 Å². The van der Waals surface area contributed by atoms with Crippen molar-refractivity contribution in [3.8, 4) is 0 Å². The standard InChI is InChI=1S/C11H17NO/c1-4-11(2,9-12-3)7-10-5-6-13-8-10/h4-6,8,12H,1,7,9H2,2-3H3. The molecule has 13 heavy (non-hydrogen) atoms. The number of hydrogen-bond acceptors (Lipinski definition) is 2. The van der Waals surface area contributed by atoms with Crippen LogP contribution in [0.25, 0.3) is 0 Å². The minimum atomic E-state index is 0.110. The molecule has 2 heteroatoms. The van der Waals surface area contributed by atoms with Crippen molar-refractivity contribution in [1.29, 1.82) is 0 Å². The van der Waals surface area contributed by atoms with Gasteiger partial charge in [-0.25, -0.2) is 0 Å². The van der Waals surface area contributed by atoms with Gasteiger partial charge < -0.3 is 9.73 Å². The number of nitrogens with one attached hydrogen (secondary N) is 1. The lowest BCUT2D eigenvalue weighted by molar-refractivity contribution is 0.404. The van der Waals surface area contributed by atoms with E-state index in [0.717, 1.165) is 13.0 Å². The number of hydrogen-bond donors (Lipinski definition) is 1. The van der Waals surface area contributed by atoms with Gasteiger partial charge in [0, 0.05) is 12.0 Å². The van der Waals surface area contributed by atoms with E-state index < -0.39 is 0 Å². The van der Waals surface area contributed by atoms with Gasteiger partial charge >= 0.3 is 0 Å². The zero-order valence-corrected chi connectivity index (χ0v) is 8.34. The Balaban J connectivity index is 2.63. The second kappa shape index (κ2) is 4.28. The minimum Gasteiger partial charge on any atom is -0.472 e. The molecule has 1 rings (SSSR count). The van der Waals surface area contributed by atoms with Gasteiger partial charge in [-0.2, -0.15) is 0 Å². The molecule has 1 unspecified atom stereocenters. The maximum absolute atomic E-state index is 5.03. The van der Waals surface area contributed by atoms with Gasteiger partial charge in [0.1, 0.15) is 0 Å². The van der Waals surface area contributed by atoms with E-state index in [-0.39, 0.29) is 5.41 Å². The lowest BCUT2D eigenvalue weighted by atomic mass is 9.84. The van der Waals surface area contributed by atoms with Crippen molar-refractivity contribution in [3.05, 3.63) is 36.8 Å². The molecule has 1 N–H and O–H groups in total. The highest BCUT2D eigenvalue weighted by molar-refractivity contribution is 5.11. The molecule has 0 aliphatic rings. The molecule has 0 saturated carbocycles. The molecule has 1 heterocycles. The topological polar surface area (TPSA) is 25.2 Å². The van der Waals surface area contributed by atoms with Gasteiger partial charge in [0.25, 0.3) is 0 Å². The molecule has 0 aromatic carbocycles. The minimum absolute atomic E-state index is 0.110. The maximum Gasteiger partial charge on any atom is 0.0934 e. The SMILES string of the molecule is C=CC(C)(CNC)Cc1ccoc1. The van der Waals surface area contributed by atoms with Gasteiger partial charge in [0.2, 0.25) is 0 Å². The largest absolute Gasteiger partial charge is 0.472 e. The summed E-state index contributed by atoms with van der Waals surface area (Å²) in [6, 6.07) is 2.00. The van der Waals surface area contributed by atoms with Crippen LogP contribution in [0, 0.1) is 5.41 Å². The smallest absolute Gasteiger partial charge is 0.0934 e. The molecular formula is C11H17NO. The van der Waals surface area contributed by atoms with E-state index in [2.05, 4.69) is 18.8 Å². The van der Waals surface area contributed by atoms with Crippen molar-refractivity contribution >= 4 is 0 Å². The van der Waals surface area contributed by atoms with Crippen molar-refractivity contribution in [2.75, 3.05) is 13.6 Å². The summed E-state index contributed by atoms with van der Waals surface area (Å²) in [5.41, 5.74) is 1.33. The van der Waals surface area contributed by atoms with Gasteiger partial charge in [-0.1, -0.05) is 13.0 Å². The van der Waals surface area contributed by atoms with Crippen molar-refractivity contribution in [1.82, 2.24) is 5.32 Å². The summed E-state index contributed by atoms with van der Waals surface area (Å²) in [5.74, 6) is 0. The fraction of sp³-hybridized carbons (Fsp3) is 0.455. The summed E-state index contributed by atoms with van der Waals surface area (Å²) in [6.45, 7) is 6.98. The third kappa shape index (κ3) is 2.74. The van der Waals surface area contributed by atoms with Crippen LogP contribution in [-0.4, -0.2) is 13.6 Å². The van der Waals surface area contributed by atoms with Gasteiger partial charge in [0.15, 0.2) is 0 Å². The second-order valence-corrected chi connectivity index (χ2v) is 3.70. The molecule has 0 radical (unpaired) electrons. The van der Waals surface area contributed by atoms with Crippen LogP contribution in [0.1, 0.15) is 12.5 Å². The first kappa shape index (κ1) is 10.1. The summed E-state index contributed by atoms with van der Waals surface area (Å²) < 4.78 is 5.03. The highest BCUT2D eigenvalue weighted by atomic mass is 16.3. The average molecular weight is 179 g/mol. The third-order valence-electron chi connectivity index (χ3n) is 2.26. The predicted octanol–water partition coefficient (Wildman–Crippen LogP) is 2.23. The first-order valence-corrected chi connectivity index (χ1v) is 4.49. The van der Waals surface area contributed by atoms with E-state index in [1.54, 1.807) is 12.5 Å². The molecule has 0 aliphatic heterocycles. The van der Waals surface area contributed by atoms with Crippen LogP contribution in [0.5, 0.6) is 0 Å². The van der Waals surface area contributed by atoms with E-state index in [1.165, 1.54) is 5.56 Å². The van der Waals surface area contributed by atoms with Crippen LogP contribution in [0.2, 0.25) is 0 Å². The third-order valence-corrected chi connectivity index (χ3v) is 2.26. The first-order chi connectivity index (χ1) is 6.20. The van der Waals surface area contributed by atoms with Crippen LogP contribution in [-0.2, 0) is 6.42 Å². The van der Waals surface area contributed by atoms with E-state index >= 15 is 0 Å². The summed E-state index contributed by atoms with van der Waals surface area (Å²) in [4.78, 5) is 0. The fourth-order valence-corrected chi connectivity index (χ4v) is 1.47. The summed E-state index contributed by atoms with van der Waals surface area (Å²) in [5, 5.41) is 3.17. The van der Waals surface area contributed by atoms with Crippen LogP contribution in [0.15, 0.2) is 35.7 Å². The van der Waals surface area contributed by atoms with Crippen LogP contribution in [0.4, 0.5) is 0 Å². The normalized spacial score (nSPS) is 15.2. The van der Waals surface area contributed by atoms with Crippen LogP contribution in [0.3, 0.4) is 0 Å². The monoisotopic (exact) mass is 179 g/mol. The fourth-order valence-electron chi connectivity index (χ4n) is 1.47. The second-order valence-electron chi connectivity index (χ2n) is 3.70. The Morgan fingerprint density at radius 1 is 1.69 bits per heavy atom. The van der Waals surface area contributed by atoms with E-state index in [1.807, 2.05) is 19.2 Å². The Bertz CT molecular complexity index is 253. The Hall–Kier alpha value is -1.02. The Morgan fingerprint density at radius 2 is 2.46 bits per heavy atom. The molecule has 2 nitrogen and oxygen atoms in total. The molecular weight excluding hydrogens is 162 g/mol. The van der Waals surface area contributed by atoms with Gasteiger partial charge in [-0.15, -0.1) is 6.58 Å². The van der Waals surface area contributed by atoms with Crippen molar-refractivity contribution < 1.29 is 4.42 Å². The van der Waals surface area contributed by atoms with E-state index in [0.29, 0.717) is 0 Å². The van der Waals surface area contributed by atoms with Gasteiger partial charge in [0.05, 0.1) is 12.5 Å². The summed E-state index contributed by atoms with van der Waals surface area (Å²) in [7, 11) is 1.96. The molecule has 1 atom stereocenters. The molecule has 0 bridgehead atoms. The highest BCUT2D eigenvalue weighted by Gasteiger charge is 2.19. The number of furan rings is 1. The van der Waals surface area contributed by atoms with Gasteiger partial charge in [-0.3, -0.25) is 0 Å². The molecule has 0 amide bonds. The quantitative estimate of drug-likeness (QED) is 0.701. The summed E-state index contributed by atoms with van der Waals surface area (Å²) >= 11 is 0. The molecule has 1 aromatic heterocycles. The Kier molecular flexibility index (Phi) is 3.32. The molecule has 1 aromatic rings. The molecule has 0 fully saturated rings. The Labute approximate surface area is 79.6 Å². The summed E-state index contributed by atoms with van der Waals surface area (Å²) in [6.07, 6.45) is 6.46. The van der Waals surface area contributed by atoms with Crippen LogP contribution < -0.4 is 5.32 Å². The molecule has 0 saturated heterocycles. The lowest BCUT2D eigenvalue weighted by Gasteiger charge is -2.24. The average Bonchev–Trinajstić information content (AvgIpc) is 2.57. The van der Waals surface area contributed by atoms with E-state index in [9.17, 15) is 0 Å². The lowest BCUT2D eigenvalue weighted by Crippen LogP contribution is -2.29. The molecule has 0 spiro atoms. The molecule has 0 aliphatic carbocycles. The highest BCUT2D eigenvalue weighted by Crippen LogP contribution is 2.22. The first-order valence-electron chi connectivity index (χ1n) is 4.49. The zero-order chi connectivity index (χ0) is 9.73. The maximum atomic E-state index is 5.03. The zero-order valence-electron chi connectivity index (χ0n) is 8.34. The van der Waals surface area contributed by atoms with Crippen molar-refractivity contribution in [2.24, 2.45) is 5.41 Å². The van der Waals surface area contributed by atoms with Crippen molar-refractivity contribution in [2.45, 2.75) is 13.3 Å². The number of rotatable bonds is 5. The van der Waals surface area contributed by atoms with Crippen LogP contribution >= 0.6 is 0 Å².